The van der Waals surface area contributed by atoms with Crippen molar-refractivity contribution in [2.45, 2.75) is 6.54 Å². The van der Waals surface area contributed by atoms with Crippen LogP contribution in [0, 0.1) is 0 Å². The van der Waals surface area contributed by atoms with Gasteiger partial charge in [0.25, 0.3) is 0 Å². The van der Waals surface area contributed by atoms with Gasteiger partial charge in [-0.05, 0) is 12.1 Å². The molecule has 0 aliphatic carbocycles. The molecule has 3 rings (SSSR count). The third-order valence-corrected chi connectivity index (χ3v) is 2.81. The van der Waals surface area contributed by atoms with Crippen molar-refractivity contribution in [1.82, 2.24) is 25.1 Å². The number of rotatable bonds is 4. The van der Waals surface area contributed by atoms with Crippen LogP contribution >= 0.6 is 0 Å². The second kappa shape index (κ2) is 5.04. The zero-order valence-corrected chi connectivity index (χ0v) is 10.7. The molecule has 9 nitrogen and oxygen atoms in total. The van der Waals surface area contributed by atoms with Crippen LogP contribution in [0.1, 0.15) is 16.4 Å². The fourth-order valence-electron chi connectivity index (χ4n) is 1.89. The Labute approximate surface area is 118 Å². The summed E-state index contributed by atoms with van der Waals surface area (Å²) in [6.07, 6.45) is 1.26. The van der Waals surface area contributed by atoms with E-state index in [0.717, 1.165) is 0 Å². The summed E-state index contributed by atoms with van der Waals surface area (Å²) in [6, 6.07) is 6.74. The van der Waals surface area contributed by atoms with E-state index in [4.69, 9.17) is 10.3 Å². The van der Waals surface area contributed by atoms with E-state index < -0.39 is 5.97 Å². The molecule has 0 fully saturated rings. The molecule has 0 aliphatic rings. The van der Waals surface area contributed by atoms with Gasteiger partial charge in [0.1, 0.15) is 12.2 Å². The minimum atomic E-state index is -1.17. The largest absolute Gasteiger partial charge is 0.476 e. The second-order valence-corrected chi connectivity index (χ2v) is 4.21. The summed E-state index contributed by atoms with van der Waals surface area (Å²) in [6.45, 7) is 0.125. The van der Waals surface area contributed by atoms with Crippen molar-refractivity contribution in [2.75, 3.05) is 5.73 Å². The number of aromatic carboxylic acids is 1. The maximum absolute atomic E-state index is 11.3. The van der Waals surface area contributed by atoms with E-state index in [9.17, 15) is 9.90 Å². The number of carbonyl (C=O) groups is 1. The van der Waals surface area contributed by atoms with E-state index in [-0.39, 0.29) is 12.2 Å². The highest BCUT2D eigenvalue weighted by molar-refractivity contribution is 5.92. The fraction of sp³-hybridized carbons (Fsp3) is 0.0833. The molecule has 3 N–H and O–H groups in total. The lowest BCUT2D eigenvalue weighted by atomic mass is 10.1. The summed E-state index contributed by atoms with van der Waals surface area (Å²) in [4.78, 5) is 15.2. The molecule has 0 bridgehead atoms. The van der Waals surface area contributed by atoms with Crippen LogP contribution in [0.5, 0.6) is 0 Å². The number of nitrogen functional groups attached to an aromatic ring is 1. The molecule has 0 amide bonds. The van der Waals surface area contributed by atoms with Gasteiger partial charge in [-0.25, -0.2) is 9.48 Å². The molecule has 0 aliphatic heterocycles. The van der Waals surface area contributed by atoms with Crippen LogP contribution < -0.4 is 5.73 Å². The average Bonchev–Trinajstić information content (AvgIpc) is 3.10. The topological polar surface area (TPSA) is 133 Å². The van der Waals surface area contributed by atoms with Crippen LogP contribution in [-0.2, 0) is 6.54 Å². The zero-order chi connectivity index (χ0) is 14.8. The minimum Gasteiger partial charge on any atom is -0.476 e. The lowest BCUT2D eigenvalue weighted by Crippen LogP contribution is -2.06. The Bertz CT molecular complexity index is 763. The molecule has 2 heterocycles. The van der Waals surface area contributed by atoms with E-state index in [0.29, 0.717) is 22.8 Å². The maximum Gasteiger partial charge on any atom is 0.358 e. The summed E-state index contributed by atoms with van der Waals surface area (Å²) < 4.78 is 6.29. The molecule has 0 unspecified atom stereocenters. The van der Waals surface area contributed by atoms with Crippen molar-refractivity contribution in [3.05, 3.63) is 42.2 Å². The first kappa shape index (κ1) is 12.8. The molecule has 9 heteroatoms. The number of nitrogens with two attached hydrogens (primary N) is 1. The number of nitrogens with zero attached hydrogens (tertiary/aromatic N) is 5. The van der Waals surface area contributed by atoms with Gasteiger partial charge in [0.2, 0.25) is 5.89 Å². The standard InChI is InChI=1S/C12H10N6O3/c13-8-3-1-7(2-4-8)11-10(12(19)20)16-17-18(11)5-9-14-6-15-21-9/h1-4,6H,5,13H2,(H,19,20). The number of hydrogen-bond acceptors (Lipinski definition) is 7. The van der Waals surface area contributed by atoms with Crippen molar-refractivity contribution < 1.29 is 14.4 Å². The van der Waals surface area contributed by atoms with E-state index in [1.54, 1.807) is 24.3 Å². The number of hydrogen-bond donors (Lipinski definition) is 2. The number of benzene rings is 1. The van der Waals surface area contributed by atoms with Gasteiger partial charge in [-0.2, -0.15) is 4.98 Å². The molecule has 1 aromatic carbocycles. The molecule has 0 radical (unpaired) electrons. The molecule has 0 saturated heterocycles. The third kappa shape index (κ3) is 2.43. The number of anilines is 1. The Morgan fingerprint density at radius 3 is 2.71 bits per heavy atom. The monoisotopic (exact) mass is 286 g/mol. The summed E-state index contributed by atoms with van der Waals surface area (Å²) in [5.74, 6) is -0.868. The van der Waals surface area contributed by atoms with Gasteiger partial charge in [0.05, 0.1) is 0 Å². The van der Waals surface area contributed by atoms with Crippen molar-refractivity contribution in [1.29, 1.82) is 0 Å². The fourth-order valence-corrected chi connectivity index (χ4v) is 1.89. The molecular formula is C12H10N6O3. The quantitative estimate of drug-likeness (QED) is 0.668. The highest BCUT2D eigenvalue weighted by Crippen LogP contribution is 2.24. The number of aromatic nitrogens is 5. The third-order valence-electron chi connectivity index (χ3n) is 2.81. The van der Waals surface area contributed by atoms with Crippen LogP contribution in [0.4, 0.5) is 5.69 Å². The molecule has 0 atom stereocenters. The second-order valence-electron chi connectivity index (χ2n) is 4.21. The van der Waals surface area contributed by atoms with Crippen LogP contribution in [0.2, 0.25) is 0 Å². The van der Waals surface area contributed by atoms with Crippen molar-refractivity contribution in [2.24, 2.45) is 0 Å². The molecule has 21 heavy (non-hydrogen) atoms. The van der Waals surface area contributed by atoms with Gasteiger partial charge in [0, 0.05) is 11.3 Å². The first-order valence-corrected chi connectivity index (χ1v) is 5.93. The lowest BCUT2D eigenvalue weighted by Gasteiger charge is -2.05. The average molecular weight is 286 g/mol. The molecule has 2 aromatic heterocycles. The first-order chi connectivity index (χ1) is 10.1. The highest BCUT2D eigenvalue weighted by atomic mass is 16.5. The number of carboxylic acid groups (broad SMARTS) is 1. The molecule has 0 spiro atoms. The van der Waals surface area contributed by atoms with E-state index in [1.807, 2.05) is 0 Å². The Balaban J connectivity index is 2.08. The normalized spacial score (nSPS) is 10.7. The molecule has 3 aromatic rings. The minimum absolute atomic E-state index is 0.125. The van der Waals surface area contributed by atoms with Crippen LogP contribution in [-0.4, -0.2) is 36.2 Å². The highest BCUT2D eigenvalue weighted by Gasteiger charge is 2.21. The Kier molecular flexibility index (Phi) is 3.07. The summed E-state index contributed by atoms with van der Waals surface area (Å²) in [5, 5.41) is 20.2. The van der Waals surface area contributed by atoms with Gasteiger partial charge >= 0.3 is 5.97 Å². The Morgan fingerprint density at radius 2 is 2.10 bits per heavy atom. The van der Waals surface area contributed by atoms with Crippen LogP contribution in [0.15, 0.2) is 35.1 Å². The maximum atomic E-state index is 11.3. The first-order valence-electron chi connectivity index (χ1n) is 5.93. The van der Waals surface area contributed by atoms with Crippen LogP contribution in [0.3, 0.4) is 0 Å². The van der Waals surface area contributed by atoms with E-state index >= 15 is 0 Å². The predicted molar refractivity (Wildman–Crippen MR) is 70.2 cm³/mol. The zero-order valence-electron chi connectivity index (χ0n) is 10.7. The van der Waals surface area contributed by atoms with Gasteiger partial charge in [-0.3, -0.25) is 0 Å². The molecule has 0 saturated carbocycles. The summed E-state index contributed by atoms with van der Waals surface area (Å²) >= 11 is 0. The SMILES string of the molecule is Nc1ccc(-c2c(C(=O)O)nnn2Cc2ncno2)cc1. The van der Waals surface area contributed by atoms with Gasteiger partial charge in [-0.1, -0.05) is 22.5 Å². The van der Waals surface area contributed by atoms with Crippen molar-refractivity contribution in [3.8, 4) is 11.3 Å². The lowest BCUT2D eigenvalue weighted by molar-refractivity contribution is 0.0691. The van der Waals surface area contributed by atoms with Gasteiger partial charge in [-0.15, -0.1) is 5.10 Å². The van der Waals surface area contributed by atoms with Gasteiger partial charge in [0.15, 0.2) is 12.0 Å². The summed E-state index contributed by atoms with van der Waals surface area (Å²) in [7, 11) is 0. The number of carboxylic acids is 1. The smallest absolute Gasteiger partial charge is 0.358 e. The van der Waals surface area contributed by atoms with E-state index in [2.05, 4.69) is 20.5 Å². The van der Waals surface area contributed by atoms with E-state index in [1.165, 1.54) is 11.0 Å². The van der Waals surface area contributed by atoms with Crippen LogP contribution in [0.25, 0.3) is 11.3 Å². The molecular weight excluding hydrogens is 276 g/mol. The van der Waals surface area contributed by atoms with Crippen molar-refractivity contribution >= 4 is 11.7 Å². The van der Waals surface area contributed by atoms with Gasteiger partial charge < -0.3 is 15.4 Å². The molecule has 106 valence electrons. The Morgan fingerprint density at radius 1 is 1.33 bits per heavy atom. The Hall–Kier alpha value is -3.23. The predicted octanol–water partition coefficient (Wildman–Crippen LogP) is 0.657. The summed E-state index contributed by atoms with van der Waals surface area (Å²) in [5.41, 5.74) is 7.04. The van der Waals surface area contributed by atoms with Crippen molar-refractivity contribution in [3.63, 3.8) is 0 Å².